The summed E-state index contributed by atoms with van der Waals surface area (Å²) < 4.78 is 15.5. The SMILES string of the molecule is Fc1cccc(-c2cncc(-n3ccc4ccccc43)c2)c1. The Morgan fingerprint density at radius 3 is 2.64 bits per heavy atom. The van der Waals surface area contributed by atoms with Crippen LogP contribution in [0.15, 0.2) is 79.3 Å². The molecule has 0 aliphatic carbocycles. The third-order valence-corrected chi connectivity index (χ3v) is 3.76. The molecule has 0 fully saturated rings. The van der Waals surface area contributed by atoms with Crippen molar-refractivity contribution in [1.29, 1.82) is 0 Å². The molecule has 0 saturated carbocycles. The Morgan fingerprint density at radius 1 is 0.818 bits per heavy atom. The summed E-state index contributed by atoms with van der Waals surface area (Å²) in [6.07, 6.45) is 5.59. The fraction of sp³-hybridized carbons (Fsp3) is 0. The van der Waals surface area contributed by atoms with Gasteiger partial charge in [-0.25, -0.2) is 4.39 Å². The summed E-state index contributed by atoms with van der Waals surface area (Å²) in [4.78, 5) is 4.31. The van der Waals surface area contributed by atoms with Crippen molar-refractivity contribution in [3.8, 4) is 16.8 Å². The zero-order valence-electron chi connectivity index (χ0n) is 11.8. The molecule has 0 aliphatic heterocycles. The van der Waals surface area contributed by atoms with Crippen LogP contribution in [0.3, 0.4) is 0 Å². The monoisotopic (exact) mass is 288 g/mol. The van der Waals surface area contributed by atoms with Crippen LogP contribution in [-0.2, 0) is 0 Å². The second-order valence-electron chi connectivity index (χ2n) is 5.19. The Labute approximate surface area is 127 Å². The van der Waals surface area contributed by atoms with E-state index in [9.17, 15) is 4.39 Å². The molecule has 0 N–H and O–H groups in total. The molecule has 2 nitrogen and oxygen atoms in total. The molecule has 2 heterocycles. The Kier molecular flexibility index (Phi) is 2.97. The molecule has 2 aromatic carbocycles. The van der Waals surface area contributed by atoms with Crippen LogP contribution < -0.4 is 0 Å². The van der Waals surface area contributed by atoms with Gasteiger partial charge in [-0.15, -0.1) is 0 Å². The molecule has 0 radical (unpaired) electrons. The van der Waals surface area contributed by atoms with E-state index >= 15 is 0 Å². The molecule has 0 bridgehead atoms. The molecule has 0 atom stereocenters. The number of nitrogens with zero attached hydrogens (tertiary/aromatic N) is 2. The summed E-state index contributed by atoms with van der Waals surface area (Å²) in [5, 5.41) is 1.18. The third-order valence-electron chi connectivity index (χ3n) is 3.76. The highest BCUT2D eigenvalue weighted by Crippen LogP contribution is 2.24. The number of hydrogen-bond donors (Lipinski definition) is 0. The van der Waals surface area contributed by atoms with Crippen molar-refractivity contribution in [3.63, 3.8) is 0 Å². The van der Waals surface area contributed by atoms with E-state index in [1.807, 2.05) is 36.7 Å². The van der Waals surface area contributed by atoms with Gasteiger partial charge >= 0.3 is 0 Å². The van der Waals surface area contributed by atoms with Crippen LogP contribution in [0.2, 0.25) is 0 Å². The van der Waals surface area contributed by atoms with E-state index in [0.29, 0.717) is 0 Å². The van der Waals surface area contributed by atoms with Crippen molar-refractivity contribution in [3.05, 3.63) is 85.1 Å². The molecule has 22 heavy (non-hydrogen) atoms. The summed E-state index contributed by atoms with van der Waals surface area (Å²) >= 11 is 0. The molecular formula is C19H13FN2. The van der Waals surface area contributed by atoms with Gasteiger partial charge in [-0.3, -0.25) is 4.98 Å². The number of hydrogen-bond acceptors (Lipinski definition) is 1. The van der Waals surface area contributed by atoms with Crippen molar-refractivity contribution in [2.45, 2.75) is 0 Å². The van der Waals surface area contributed by atoms with E-state index < -0.39 is 0 Å². The summed E-state index contributed by atoms with van der Waals surface area (Å²) in [7, 11) is 0. The lowest BCUT2D eigenvalue weighted by Gasteiger charge is -2.08. The summed E-state index contributed by atoms with van der Waals surface area (Å²) in [5.41, 5.74) is 3.81. The first-order valence-corrected chi connectivity index (χ1v) is 7.09. The predicted octanol–water partition coefficient (Wildman–Crippen LogP) is 4.83. The van der Waals surface area contributed by atoms with Crippen LogP contribution in [0.25, 0.3) is 27.7 Å². The van der Waals surface area contributed by atoms with Crippen LogP contribution in [0.5, 0.6) is 0 Å². The lowest BCUT2D eigenvalue weighted by atomic mass is 10.1. The molecular weight excluding hydrogens is 275 g/mol. The molecule has 0 saturated heterocycles. The van der Waals surface area contributed by atoms with E-state index in [0.717, 1.165) is 22.3 Å². The number of pyridine rings is 1. The second kappa shape index (κ2) is 5.11. The van der Waals surface area contributed by atoms with Crippen LogP contribution in [-0.4, -0.2) is 9.55 Å². The number of halogens is 1. The molecule has 0 unspecified atom stereocenters. The van der Waals surface area contributed by atoms with Crippen LogP contribution >= 0.6 is 0 Å². The van der Waals surface area contributed by atoms with Crippen molar-refractivity contribution >= 4 is 10.9 Å². The van der Waals surface area contributed by atoms with Gasteiger partial charge in [0.05, 0.1) is 17.4 Å². The fourth-order valence-electron chi connectivity index (χ4n) is 2.69. The molecule has 106 valence electrons. The maximum atomic E-state index is 13.4. The Balaban J connectivity index is 1.85. The molecule has 0 aliphatic rings. The van der Waals surface area contributed by atoms with E-state index in [4.69, 9.17) is 0 Å². The van der Waals surface area contributed by atoms with E-state index in [-0.39, 0.29) is 5.82 Å². The molecule has 0 amide bonds. The zero-order chi connectivity index (χ0) is 14.9. The molecule has 0 spiro atoms. The molecule has 4 rings (SSSR count). The largest absolute Gasteiger partial charge is 0.315 e. The van der Waals surface area contributed by atoms with Gasteiger partial charge in [-0.05, 0) is 41.3 Å². The van der Waals surface area contributed by atoms with Gasteiger partial charge in [0.1, 0.15) is 5.82 Å². The van der Waals surface area contributed by atoms with Crippen molar-refractivity contribution in [1.82, 2.24) is 9.55 Å². The minimum absolute atomic E-state index is 0.241. The number of rotatable bonds is 2. The molecule has 3 heteroatoms. The topological polar surface area (TPSA) is 17.8 Å². The lowest BCUT2D eigenvalue weighted by Crippen LogP contribution is -1.93. The van der Waals surface area contributed by atoms with Crippen molar-refractivity contribution in [2.24, 2.45) is 0 Å². The van der Waals surface area contributed by atoms with Gasteiger partial charge < -0.3 is 4.57 Å². The van der Waals surface area contributed by atoms with E-state index in [2.05, 4.69) is 27.8 Å². The van der Waals surface area contributed by atoms with Gasteiger partial charge in [0.2, 0.25) is 0 Å². The highest BCUT2D eigenvalue weighted by molar-refractivity contribution is 5.82. The van der Waals surface area contributed by atoms with Gasteiger partial charge in [-0.1, -0.05) is 30.3 Å². The minimum atomic E-state index is -0.241. The summed E-state index contributed by atoms with van der Waals surface area (Å²) in [6.45, 7) is 0. The molecule has 4 aromatic rings. The van der Waals surface area contributed by atoms with Gasteiger partial charge in [-0.2, -0.15) is 0 Å². The molecule has 2 aromatic heterocycles. The Morgan fingerprint density at radius 2 is 1.73 bits per heavy atom. The average molecular weight is 288 g/mol. The number of aromatic nitrogens is 2. The number of fused-ring (bicyclic) bond motifs is 1. The number of benzene rings is 2. The summed E-state index contributed by atoms with van der Waals surface area (Å²) in [5.74, 6) is -0.241. The Hall–Kier alpha value is -2.94. The van der Waals surface area contributed by atoms with Gasteiger partial charge in [0, 0.05) is 18.0 Å². The standard InChI is InChI=1S/C19H13FN2/c20-17-6-3-5-15(10-17)16-11-18(13-21-12-16)22-9-8-14-4-1-2-7-19(14)22/h1-13H. The zero-order valence-corrected chi connectivity index (χ0v) is 11.8. The second-order valence-corrected chi connectivity index (χ2v) is 5.19. The normalized spacial score (nSPS) is 11.0. The fourth-order valence-corrected chi connectivity index (χ4v) is 2.69. The smallest absolute Gasteiger partial charge is 0.123 e. The highest BCUT2D eigenvalue weighted by atomic mass is 19.1. The first-order valence-electron chi connectivity index (χ1n) is 7.09. The van der Waals surface area contributed by atoms with Crippen molar-refractivity contribution < 1.29 is 4.39 Å². The van der Waals surface area contributed by atoms with Crippen LogP contribution in [0.1, 0.15) is 0 Å². The minimum Gasteiger partial charge on any atom is -0.315 e. The maximum Gasteiger partial charge on any atom is 0.123 e. The van der Waals surface area contributed by atoms with Crippen LogP contribution in [0.4, 0.5) is 4.39 Å². The Bertz CT molecular complexity index is 956. The van der Waals surface area contributed by atoms with E-state index in [1.54, 1.807) is 12.3 Å². The summed E-state index contributed by atoms with van der Waals surface area (Å²) in [6, 6.07) is 18.9. The first-order chi connectivity index (χ1) is 10.8. The third kappa shape index (κ3) is 2.17. The van der Waals surface area contributed by atoms with Gasteiger partial charge in [0.15, 0.2) is 0 Å². The first kappa shape index (κ1) is 12.8. The highest BCUT2D eigenvalue weighted by Gasteiger charge is 2.05. The van der Waals surface area contributed by atoms with E-state index in [1.165, 1.54) is 17.5 Å². The lowest BCUT2D eigenvalue weighted by molar-refractivity contribution is 0.628. The quantitative estimate of drug-likeness (QED) is 0.516. The van der Waals surface area contributed by atoms with Gasteiger partial charge in [0.25, 0.3) is 0 Å². The van der Waals surface area contributed by atoms with Crippen LogP contribution in [0, 0.1) is 5.82 Å². The maximum absolute atomic E-state index is 13.4. The predicted molar refractivity (Wildman–Crippen MR) is 86.5 cm³/mol. The van der Waals surface area contributed by atoms with Crippen molar-refractivity contribution in [2.75, 3.05) is 0 Å². The number of para-hydroxylation sites is 1. The average Bonchev–Trinajstić information content (AvgIpc) is 2.99.